The average Bonchev–Trinajstić information content (AvgIpc) is 2.65. The SMILES string of the molecule is CCC1OCCC1CNCC(=O)NC. The summed E-state index contributed by atoms with van der Waals surface area (Å²) in [5, 5.41) is 5.73. The smallest absolute Gasteiger partial charge is 0.233 e. The van der Waals surface area contributed by atoms with Gasteiger partial charge in [0.15, 0.2) is 0 Å². The van der Waals surface area contributed by atoms with Gasteiger partial charge in [-0.25, -0.2) is 0 Å². The second-order valence-corrected chi connectivity index (χ2v) is 3.67. The third-order valence-corrected chi connectivity index (χ3v) is 2.72. The number of rotatable bonds is 5. The van der Waals surface area contributed by atoms with Crippen LogP contribution in [0.25, 0.3) is 0 Å². The number of carbonyl (C=O) groups is 1. The van der Waals surface area contributed by atoms with Gasteiger partial charge in [-0.2, -0.15) is 0 Å². The zero-order valence-corrected chi connectivity index (χ0v) is 9.01. The molecule has 1 saturated heterocycles. The first-order valence-electron chi connectivity index (χ1n) is 5.30. The second kappa shape index (κ2) is 5.98. The van der Waals surface area contributed by atoms with Crippen molar-refractivity contribution in [1.29, 1.82) is 0 Å². The lowest BCUT2D eigenvalue weighted by atomic mass is 10.00. The van der Waals surface area contributed by atoms with E-state index in [0.717, 1.165) is 26.0 Å². The topological polar surface area (TPSA) is 50.4 Å². The molecule has 14 heavy (non-hydrogen) atoms. The van der Waals surface area contributed by atoms with Crippen LogP contribution < -0.4 is 10.6 Å². The Morgan fingerprint density at radius 1 is 1.57 bits per heavy atom. The maximum absolute atomic E-state index is 10.9. The van der Waals surface area contributed by atoms with Gasteiger partial charge in [0.25, 0.3) is 0 Å². The molecule has 1 aliphatic rings. The molecule has 0 saturated carbocycles. The zero-order chi connectivity index (χ0) is 10.4. The van der Waals surface area contributed by atoms with Crippen molar-refractivity contribution in [2.45, 2.75) is 25.9 Å². The Hall–Kier alpha value is -0.610. The second-order valence-electron chi connectivity index (χ2n) is 3.67. The van der Waals surface area contributed by atoms with Gasteiger partial charge in [0.2, 0.25) is 5.91 Å². The van der Waals surface area contributed by atoms with Crippen LogP contribution in [0, 0.1) is 5.92 Å². The fraction of sp³-hybridized carbons (Fsp3) is 0.900. The molecule has 2 unspecified atom stereocenters. The maximum Gasteiger partial charge on any atom is 0.233 e. The Bertz CT molecular complexity index is 185. The lowest BCUT2D eigenvalue weighted by Gasteiger charge is -2.16. The number of ether oxygens (including phenoxy) is 1. The molecule has 1 rings (SSSR count). The molecule has 4 heteroatoms. The van der Waals surface area contributed by atoms with Crippen molar-refractivity contribution in [2.24, 2.45) is 5.92 Å². The summed E-state index contributed by atoms with van der Waals surface area (Å²) in [6.45, 7) is 4.29. The summed E-state index contributed by atoms with van der Waals surface area (Å²) in [5.41, 5.74) is 0. The fourth-order valence-electron chi connectivity index (χ4n) is 1.84. The van der Waals surface area contributed by atoms with E-state index in [2.05, 4.69) is 17.6 Å². The van der Waals surface area contributed by atoms with Crippen molar-refractivity contribution in [2.75, 3.05) is 26.7 Å². The molecule has 1 fully saturated rings. The summed E-state index contributed by atoms with van der Waals surface area (Å²) < 4.78 is 5.56. The molecule has 1 heterocycles. The highest BCUT2D eigenvalue weighted by Gasteiger charge is 2.25. The van der Waals surface area contributed by atoms with Gasteiger partial charge in [0.1, 0.15) is 0 Å². The third-order valence-electron chi connectivity index (χ3n) is 2.72. The summed E-state index contributed by atoms with van der Waals surface area (Å²) in [7, 11) is 1.65. The third kappa shape index (κ3) is 3.27. The molecule has 0 aromatic heterocycles. The fourth-order valence-corrected chi connectivity index (χ4v) is 1.84. The van der Waals surface area contributed by atoms with E-state index in [9.17, 15) is 4.79 Å². The standard InChI is InChI=1S/C10H20N2O2/c1-3-9-8(4-5-14-9)6-12-7-10(13)11-2/h8-9,12H,3-7H2,1-2H3,(H,11,13). The van der Waals surface area contributed by atoms with Crippen LogP contribution in [0.15, 0.2) is 0 Å². The highest BCUT2D eigenvalue weighted by Crippen LogP contribution is 2.22. The maximum atomic E-state index is 10.9. The highest BCUT2D eigenvalue weighted by molar-refractivity contribution is 5.77. The molecule has 4 nitrogen and oxygen atoms in total. The van der Waals surface area contributed by atoms with Crippen molar-refractivity contribution in [3.05, 3.63) is 0 Å². The van der Waals surface area contributed by atoms with Gasteiger partial charge < -0.3 is 15.4 Å². The number of likely N-dealkylation sites (N-methyl/N-ethyl adjacent to an activating group) is 1. The summed E-state index contributed by atoms with van der Waals surface area (Å²) >= 11 is 0. The molecule has 0 spiro atoms. The van der Waals surface area contributed by atoms with E-state index < -0.39 is 0 Å². The predicted molar refractivity (Wildman–Crippen MR) is 55.1 cm³/mol. The van der Waals surface area contributed by atoms with Crippen LogP contribution >= 0.6 is 0 Å². The number of nitrogens with one attached hydrogen (secondary N) is 2. The average molecular weight is 200 g/mol. The Morgan fingerprint density at radius 2 is 2.36 bits per heavy atom. The van der Waals surface area contributed by atoms with E-state index in [4.69, 9.17) is 4.74 Å². The summed E-state index contributed by atoms with van der Waals surface area (Å²) in [6.07, 6.45) is 2.55. The van der Waals surface area contributed by atoms with Gasteiger partial charge in [-0.15, -0.1) is 0 Å². The Kier molecular flexibility index (Phi) is 4.90. The van der Waals surface area contributed by atoms with E-state index in [-0.39, 0.29) is 5.91 Å². The van der Waals surface area contributed by atoms with E-state index in [1.165, 1.54) is 0 Å². The van der Waals surface area contributed by atoms with Gasteiger partial charge in [-0.1, -0.05) is 6.92 Å². The molecule has 0 aliphatic carbocycles. The number of hydrogen-bond acceptors (Lipinski definition) is 3. The largest absolute Gasteiger partial charge is 0.378 e. The first kappa shape index (κ1) is 11.5. The molecule has 2 N–H and O–H groups in total. The van der Waals surface area contributed by atoms with Crippen molar-refractivity contribution in [1.82, 2.24) is 10.6 Å². The van der Waals surface area contributed by atoms with Crippen LogP contribution in [0.4, 0.5) is 0 Å². The minimum Gasteiger partial charge on any atom is -0.378 e. The monoisotopic (exact) mass is 200 g/mol. The van der Waals surface area contributed by atoms with Crippen molar-refractivity contribution in [3.63, 3.8) is 0 Å². The molecular formula is C10H20N2O2. The van der Waals surface area contributed by atoms with Crippen LogP contribution in [0.2, 0.25) is 0 Å². The summed E-state index contributed by atoms with van der Waals surface area (Å²) in [5.74, 6) is 0.613. The first-order valence-corrected chi connectivity index (χ1v) is 5.30. The number of carbonyl (C=O) groups excluding carboxylic acids is 1. The number of amides is 1. The lowest BCUT2D eigenvalue weighted by molar-refractivity contribution is -0.119. The Labute approximate surface area is 85.4 Å². The zero-order valence-electron chi connectivity index (χ0n) is 9.01. The summed E-state index contributed by atoms with van der Waals surface area (Å²) in [6, 6.07) is 0. The lowest BCUT2D eigenvalue weighted by Crippen LogP contribution is -2.35. The highest BCUT2D eigenvalue weighted by atomic mass is 16.5. The van der Waals surface area contributed by atoms with Crippen LogP contribution in [-0.2, 0) is 9.53 Å². The minimum absolute atomic E-state index is 0.0389. The molecule has 0 radical (unpaired) electrons. The molecule has 2 atom stereocenters. The molecule has 0 aromatic rings. The van der Waals surface area contributed by atoms with Crippen LogP contribution in [0.3, 0.4) is 0 Å². The van der Waals surface area contributed by atoms with Gasteiger partial charge in [0.05, 0.1) is 12.6 Å². The quantitative estimate of drug-likeness (QED) is 0.663. The van der Waals surface area contributed by atoms with Gasteiger partial charge in [0, 0.05) is 20.2 Å². The minimum atomic E-state index is 0.0389. The Balaban J connectivity index is 2.14. The first-order chi connectivity index (χ1) is 6.77. The normalized spacial score (nSPS) is 26.4. The molecule has 1 amide bonds. The van der Waals surface area contributed by atoms with Crippen LogP contribution in [0.5, 0.6) is 0 Å². The van der Waals surface area contributed by atoms with E-state index in [1.807, 2.05) is 0 Å². The molecule has 1 aliphatic heterocycles. The molecule has 0 aromatic carbocycles. The number of hydrogen-bond donors (Lipinski definition) is 2. The predicted octanol–water partition coefficient (Wildman–Crippen LogP) is 0.137. The van der Waals surface area contributed by atoms with Gasteiger partial charge in [-0.05, 0) is 18.8 Å². The van der Waals surface area contributed by atoms with Crippen LogP contribution in [-0.4, -0.2) is 38.8 Å². The van der Waals surface area contributed by atoms with E-state index >= 15 is 0 Å². The molecular weight excluding hydrogens is 180 g/mol. The van der Waals surface area contributed by atoms with Gasteiger partial charge in [-0.3, -0.25) is 4.79 Å². The van der Waals surface area contributed by atoms with Crippen molar-refractivity contribution < 1.29 is 9.53 Å². The van der Waals surface area contributed by atoms with Crippen LogP contribution in [0.1, 0.15) is 19.8 Å². The molecule has 0 bridgehead atoms. The van der Waals surface area contributed by atoms with E-state index in [1.54, 1.807) is 7.05 Å². The molecule has 82 valence electrons. The van der Waals surface area contributed by atoms with E-state index in [0.29, 0.717) is 18.6 Å². The van der Waals surface area contributed by atoms with Gasteiger partial charge >= 0.3 is 0 Å². The van der Waals surface area contributed by atoms with Crippen molar-refractivity contribution >= 4 is 5.91 Å². The Morgan fingerprint density at radius 3 is 3.00 bits per heavy atom. The van der Waals surface area contributed by atoms with Crippen molar-refractivity contribution in [3.8, 4) is 0 Å². The summed E-state index contributed by atoms with van der Waals surface area (Å²) in [4.78, 5) is 10.9.